The number of ketones is 1. The number of methoxy groups -OCH3 is 1. The smallest absolute Gasteiger partial charge is 0.339 e. The third-order valence-electron chi connectivity index (χ3n) is 4.64. The molecule has 6 nitrogen and oxygen atoms in total. The van der Waals surface area contributed by atoms with Gasteiger partial charge in [0.25, 0.3) is 5.91 Å². The third kappa shape index (κ3) is 3.46. The summed E-state index contributed by atoms with van der Waals surface area (Å²) >= 11 is 0. The predicted molar refractivity (Wildman–Crippen MR) is 103 cm³/mol. The SMILES string of the molecule is COC(=O)C1=C(c2ccccc2)N(Cc2ccccc2)C(=O)C1(O)CC(C)=O. The van der Waals surface area contributed by atoms with Crippen LogP contribution in [0.15, 0.2) is 66.2 Å². The van der Waals surface area contributed by atoms with Gasteiger partial charge in [-0.1, -0.05) is 60.7 Å². The van der Waals surface area contributed by atoms with Crippen molar-refractivity contribution in [2.75, 3.05) is 7.11 Å². The van der Waals surface area contributed by atoms with Crippen LogP contribution in [0.4, 0.5) is 0 Å². The molecule has 2 aromatic carbocycles. The van der Waals surface area contributed by atoms with Gasteiger partial charge in [-0.2, -0.15) is 0 Å². The number of aliphatic hydroxyl groups is 1. The molecular formula is C22H21NO5. The Morgan fingerprint density at radius 2 is 1.61 bits per heavy atom. The van der Waals surface area contributed by atoms with Crippen molar-refractivity contribution in [1.29, 1.82) is 0 Å². The van der Waals surface area contributed by atoms with E-state index in [9.17, 15) is 19.5 Å². The Labute approximate surface area is 163 Å². The van der Waals surface area contributed by atoms with Gasteiger partial charge >= 0.3 is 5.97 Å². The molecule has 0 aromatic heterocycles. The summed E-state index contributed by atoms with van der Waals surface area (Å²) in [4.78, 5) is 39.0. The topological polar surface area (TPSA) is 83.9 Å². The normalized spacial score (nSPS) is 19.1. The van der Waals surface area contributed by atoms with Crippen LogP contribution in [0.2, 0.25) is 0 Å². The Balaban J connectivity index is 2.22. The molecule has 3 rings (SSSR count). The van der Waals surface area contributed by atoms with Crippen LogP contribution in [0.5, 0.6) is 0 Å². The number of carbonyl (C=O) groups is 3. The van der Waals surface area contributed by atoms with E-state index < -0.39 is 29.7 Å². The zero-order chi connectivity index (χ0) is 20.3. The van der Waals surface area contributed by atoms with E-state index in [2.05, 4.69) is 0 Å². The van der Waals surface area contributed by atoms with Gasteiger partial charge < -0.3 is 14.7 Å². The van der Waals surface area contributed by atoms with Gasteiger partial charge in [-0.15, -0.1) is 0 Å². The fraction of sp³-hybridized carbons (Fsp3) is 0.227. The highest BCUT2D eigenvalue weighted by molar-refractivity contribution is 6.16. The molecule has 0 radical (unpaired) electrons. The summed E-state index contributed by atoms with van der Waals surface area (Å²) in [6.07, 6.45) is -0.502. The van der Waals surface area contributed by atoms with E-state index in [0.29, 0.717) is 5.56 Å². The van der Waals surface area contributed by atoms with E-state index in [1.54, 1.807) is 24.3 Å². The van der Waals surface area contributed by atoms with Gasteiger partial charge in [-0.3, -0.25) is 9.59 Å². The van der Waals surface area contributed by atoms with Crippen molar-refractivity contribution in [3.63, 3.8) is 0 Å². The lowest BCUT2D eigenvalue weighted by Gasteiger charge is -2.24. The van der Waals surface area contributed by atoms with Crippen molar-refractivity contribution in [1.82, 2.24) is 4.90 Å². The molecule has 0 bridgehead atoms. The number of benzene rings is 2. The van der Waals surface area contributed by atoms with Gasteiger partial charge in [0.1, 0.15) is 11.4 Å². The third-order valence-corrected chi connectivity index (χ3v) is 4.64. The van der Waals surface area contributed by atoms with Gasteiger partial charge in [-0.25, -0.2) is 4.79 Å². The summed E-state index contributed by atoms with van der Waals surface area (Å²) < 4.78 is 4.86. The molecule has 6 heteroatoms. The van der Waals surface area contributed by atoms with Crippen LogP contribution < -0.4 is 0 Å². The summed E-state index contributed by atoms with van der Waals surface area (Å²) in [5.74, 6) is -1.97. The van der Waals surface area contributed by atoms with E-state index in [0.717, 1.165) is 5.56 Å². The Morgan fingerprint density at radius 1 is 1.04 bits per heavy atom. The van der Waals surface area contributed by atoms with Gasteiger partial charge in [0.05, 0.1) is 19.4 Å². The second-order valence-electron chi connectivity index (χ2n) is 6.70. The standard InChI is InChI=1S/C22H21NO5/c1-15(24)13-22(27)18(20(25)28-2)19(17-11-7-4-8-12-17)23(21(22)26)14-16-9-5-3-6-10-16/h3-12,27H,13-14H2,1-2H3. The highest BCUT2D eigenvalue weighted by atomic mass is 16.5. The number of Topliss-reactive ketones (excluding diaryl/α,β-unsaturated/α-hetero) is 1. The molecule has 144 valence electrons. The lowest BCUT2D eigenvalue weighted by Crippen LogP contribution is -2.45. The zero-order valence-electron chi connectivity index (χ0n) is 15.7. The number of amides is 1. The summed E-state index contributed by atoms with van der Waals surface area (Å²) in [5, 5.41) is 11.2. The average Bonchev–Trinajstić information content (AvgIpc) is 2.90. The van der Waals surface area contributed by atoms with E-state index in [4.69, 9.17) is 4.74 Å². The largest absolute Gasteiger partial charge is 0.466 e. The van der Waals surface area contributed by atoms with Crippen LogP contribution in [-0.2, 0) is 25.7 Å². The van der Waals surface area contributed by atoms with Crippen molar-refractivity contribution < 1.29 is 24.2 Å². The fourth-order valence-electron chi connectivity index (χ4n) is 3.47. The van der Waals surface area contributed by atoms with Crippen LogP contribution in [-0.4, -0.2) is 40.4 Å². The second kappa shape index (κ2) is 7.78. The number of esters is 1. The first-order valence-electron chi connectivity index (χ1n) is 8.84. The minimum absolute atomic E-state index is 0.143. The van der Waals surface area contributed by atoms with Crippen LogP contribution in [0.3, 0.4) is 0 Å². The van der Waals surface area contributed by atoms with Crippen LogP contribution in [0.25, 0.3) is 5.70 Å². The van der Waals surface area contributed by atoms with Gasteiger partial charge in [0.2, 0.25) is 0 Å². The molecule has 1 N–H and O–H groups in total. The van der Waals surface area contributed by atoms with E-state index >= 15 is 0 Å². The molecule has 1 aliphatic heterocycles. The monoisotopic (exact) mass is 379 g/mol. The van der Waals surface area contributed by atoms with Crippen LogP contribution in [0.1, 0.15) is 24.5 Å². The number of ether oxygens (including phenoxy) is 1. The number of nitrogens with zero attached hydrogens (tertiary/aromatic N) is 1. The summed E-state index contributed by atoms with van der Waals surface area (Å²) in [6.45, 7) is 1.41. The zero-order valence-corrected chi connectivity index (χ0v) is 15.7. The van der Waals surface area contributed by atoms with Gasteiger partial charge in [0.15, 0.2) is 5.60 Å². The number of hydrogen-bond acceptors (Lipinski definition) is 5. The molecular weight excluding hydrogens is 358 g/mol. The fourth-order valence-corrected chi connectivity index (χ4v) is 3.47. The molecule has 0 fully saturated rings. The van der Waals surface area contributed by atoms with Crippen LogP contribution >= 0.6 is 0 Å². The molecule has 1 amide bonds. The van der Waals surface area contributed by atoms with Gasteiger partial charge in [-0.05, 0) is 18.1 Å². The van der Waals surface area contributed by atoms with E-state index in [1.165, 1.54) is 18.9 Å². The Kier molecular flexibility index (Phi) is 5.42. The van der Waals surface area contributed by atoms with Crippen molar-refractivity contribution in [2.45, 2.75) is 25.5 Å². The lowest BCUT2D eigenvalue weighted by molar-refractivity contribution is -0.149. The molecule has 1 unspecified atom stereocenters. The molecule has 2 aromatic rings. The maximum Gasteiger partial charge on any atom is 0.339 e. The van der Waals surface area contributed by atoms with E-state index in [1.807, 2.05) is 36.4 Å². The Hall–Kier alpha value is -3.25. The first-order valence-corrected chi connectivity index (χ1v) is 8.84. The summed E-state index contributed by atoms with van der Waals surface area (Å²) in [7, 11) is 1.18. The van der Waals surface area contributed by atoms with Gasteiger partial charge in [0, 0.05) is 6.42 Å². The first-order chi connectivity index (χ1) is 13.4. The molecule has 0 spiro atoms. The summed E-state index contributed by atoms with van der Waals surface area (Å²) in [5.41, 5.74) is -0.826. The number of rotatable bonds is 6. The lowest BCUT2D eigenvalue weighted by atomic mass is 9.88. The maximum atomic E-state index is 13.3. The van der Waals surface area contributed by atoms with Crippen LogP contribution in [0, 0.1) is 0 Å². The van der Waals surface area contributed by atoms with Crippen molar-refractivity contribution in [3.8, 4) is 0 Å². The van der Waals surface area contributed by atoms with Crippen molar-refractivity contribution >= 4 is 23.4 Å². The summed E-state index contributed by atoms with van der Waals surface area (Å²) in [6, 6.07) is 18.0. The first kappa shape index (κ1) is 19.5. The Morgan fingerprint density at radius 3 is 2.14 bits per heavy atom. The highest BCUT2D eigenvalue weighted by Gasteiger charge is 2.55. The molecule has 28 heavy (non-hydrogen) atoms. The maximum absolute atomic E-state index is 13.3. The highest BCUT2D eigenvalue weighted by Crippen LogP contribution is 2.42. The van der Waals surface area contributed by atoms with E-state index in [-0.39, 0.29) is 17.8 Å². The molecule has 0 saturated carbocycles. The predicted octanol–water partition coefficient (Wildman–Crippen LogP) is 2.32. The van der Waals surface area contributed by atoms with Crippen molar-refractivity contribution in [3.05, 3.63) is 77.4 Å². The second-order valence-corrected chi connectivity index (χ2v) is 6.70. The molecule has 0 aliphatic carbocycles. The quantitative estimate of drug-likeness (QED) is 0.779. The minimum Gasteiger partial charge on any atom is -0.466 e. The van der Waals surface area contributed by atoms with Crippen molar-refractivity contribution in [2.24, 2.45) is 0 Å². The number of hydrogen-bond donors (Lipinski definition) is 1. The molecule has 1 atom stereocenters. The number of carbonyl (C=O) groups excluding carboxylic acids is 3. The minimum atomic E-state index is -2.26. The molecule has 0 saturated heterocycles. The average molecular weight is 379 g/mol. The molecule has 1 aliphatic rings. The Bertz CT molecular complexity index is 936. The molecule has 1 heterocycles.